The number of halogens is 1. The van der Waals surface area contributed by atoms with Gasteiger partial charge >= 0.3 is 11.9 Å². The maximum Gasteiger partial charge on any atom is 0.341 e. The molecule has 0 aromatic heterocycles. The Hall–Kier alpha value is -1.56. The van der Waals surface area contributed by atoms with Crippen LogP contribution in [0.2, 0.25) is 0 Å². The molecule has 0 heterocycles. The second-order valence-corrected chi connectivity index (χ2v) is 4.85. The first kappa shape index (κ1) is 16.5. The van der Waals surface area contributed by atoms with Gasteiger partial charge in [0.05, 0.1) is 14.2 Å². The maximum atomic E-state index is 11.9. The van der Waals surface area contributed by atoms with E-state index < -0.39 is 11.9 Å². The summed E-state index contributed by atoms with van der Waals surface area (Å²) < 4.78 is 10.00. The van der Waals surface area contributed by atoms with Crippen LogP contribution in [-0.4, -0.2) is 31.3 Å². The number of methoxy groups -OCH3 is 2. The molecule has 1 aromatic rings. The molecule has 1 N–H and O–H groups in total. The Morgan fingerprint density at radius 1 is 1.00 bits per heavy atom. The second kappa shape index (κ2) is 6.74. The number of hydrogen-bond acceptors (Lipinski definition) is 5. The lowest BCUT2D eigenvalue weighted by Crippen LogP contribution is -2.14. The summed E-state index contributed by atoms with van der Waals surface area (Å²) in [5.41, 5.74) is 1.22. The van der Waals surface area contributed by atoms with Crippen molar-refractivity contribution in [3.05, 3.63) is 26.7 Å². The van der Waals surface area contributed by atoms with Gasteiger partial charge in [-0.2, -0.15) is 0 Å². The Bertz CT molecular complexity index is 506. The zero-order chi connectivity index (χ0) is 15.4. The Kier molecular flexibility index (Phi) is 5.56. The summed E-state index contributed by atoms with van der Waals surface area (Å²) in [6, 6.07) is 0. The van der Waals surface area contributed by atoms with Gasteiger partial charge in [-0.25, -0.2) is 9.59 Å². The SMILES string of the molecule is CCc1c(Br)c(CC)c(C(=O)OC)c(O)c1C(=O)OC. The van der Waals surface area contributed by atoms with Gasteiger partial charge < -0.3 is 14.6 Å². The molecule has 0 unspecified atom stereocenters. The molecule has 20 heavy (non-hydrogen) atoms. The first-order chi connectivity index (χ1) is 9.44. The summed E-state index contributed by atoms with van der Waals surface area (Å²) in [4.78, 5) is 23.7. The third kappa shape index (κ3) is 2.65. The highest BCUT2D eigenvalue weighted by Gasteiger charge is 2.29. The summed E-state index contributed by atoms with van der Waals surface area (Å²) in [6.07, 6.45) is 1.01. The summed E-state index contributed by atoms with van der Waals surface area (Å²) in [5.74, 6) is -1.76. The van der Waals surface area contributed by atoms with Gasteiger partial charge in [-0.15, -0.1) is 0 Å². The molecule has 0 bridgehead atoms. The molecule has 6 heteroatoms. The van der Waals surface area contributed by atoms with E-state index in [1.807, 2.05) is 13.8 Å². The fraction of sp³-hybridized carbons (Fsp3) is 0.429. The average Bonchev–Trinajstić information content (AvgIpc) is 2.46. The van der Waals surface area contributed by atoms with Gasteiger partial charge in [-0.1, -0.05) is 29.8 Å². The van der Waals surface area contributed by atoms with Crippen LogP contribution in [0, 0.1) is 0 Å². The number of hydrogen-bond donors (Lipinski definition) is 1. The van der Waals surface area contributed by atoms with Crippen molar-refractivity contribution >= 4 is 27.9 Å². The minimum absolute atomic E-state index is 0.000486. The largest absolute Gasteiger partial charge is 0.506 e. The van der Waals surface area contributed by atoms with E-state index in [1.54, 1.807) is 0 Å². The molecule has 0 atom stereocenters. The third-order valence-corrected chi connectivity index (χ3v) is 4.05. The molecular weight excluding hydrogens is 328 g/mol. The highest BCUT2D eigenvalue weighted by atomic mass is 79.9. The number of rotatable bonds is 4. The predicted octanol–water partition coefficient (Wildman–Crippen LogP) is 2.85. The minimum Gasteiger partial charge on any atom is -0.506 e. The van der Waals surface area contributed by atoms with E-state index >= 15 is 0 Å². The Labute approximate surface area is 126 Å². The monoisotopic (exact) mass is 344 g/mol. The molecule has 1 rings (SSSR count). The first-order valence-electron chi connectivity index (χ1n) is 6.17. The molecule has 1 aromatic carbocycles. The van der Waals surface area contributed by atoms with Crippen LogP contribution >= 0.6 is 15.9 Å². The van der Waals surface area contributed by atoms with Crippen molar-refractivity contribution in [2.45, 2.75) is 26.7 Å². The number of carbonyl (C=O) groups excluding carboxylic acids is 2. The number of esters is 2. The van der Waals surface area contributed by atoms with E-state index in [1.165, 1.54) is 14.2 Å². The van der Waals surface area contributed by atoms with Crippen molar-refractivity contribution in [3.63, 3.8) is 0 Å². The maximum absolute atomic E-state index is 11.9. The normalized spacial score (nSPS) is 10.2. The van der Waals surface area contributed by atoms with E-state index in [4.69, 9.17) is 0 Å². The molecule has 0 aliphatic heterocycles. The number of phenols is 1. The van der Waals surface area contributed by atoms with Crippen LogP contribution < -0.4 is 0 Å². The van der Waals surface area contributed by atoms with Crippen molar-refractivity contribution in [1.29, 1.82) is 0 Å². The number of phenolic OH excluding ortho intramolecular Hbond substituents is 1. The van der Waals surface area contributed by atoms with Gasteiger partial charge in [0.2, 0.25) is 0 Å². The van der Waals surface area contributed by atoms with E-state index in [9.17, 15) is 14.7 Å². The van der Waals surface area contributed by atoms with Gasteiger partial charge in [0.15, 0.2) is 0 Å². The minimum atomic E-state index is -0.687. The van der Waals surface area contributed by atoms with Crippen LogP contribution in [0.15, 0.2) is 4.47 Å². The lowest BCUT2D eigenvalue weighted by Gasteiger charge is -2.18. The van der Waals surface area contributed by atoms with Crippen molar-refractivity contribution < 1.29 is 24.2 Å². The highest BCUT2D eigenvalue weighted by Crippen LogP contribution is 2.38. The Balaban J connectivity index is 3.82. The number of carbonyl (C=O) groups is 2. The average molecular weight is 345 g/mol. The van der Waals surface area contributed by atoms with Gasteiger partial charge in [-0.3, -0.25) is 0 Å². The van der Waals surface area contributed by atoms with Crippen molar-refractivity contribution in [1.82, 2.24) is 0 Å². The van der Waals surface area contributed by atoms with E-state index in [2.05, 4.69) is 25.4 Å². The van der Waals surface area contributed by atoms with Gasteiger partial charge in [0.25, 0.3) is 0 Å². The predicted molar refractivity (Wildman–Crippen MR) is 77.2 cm³/mol. The molecule has 0 radical (unpaired) electrons. The first-order valence-corrected chi connectivity index (χ1v) is 6.96. The molecule has 0 aliphatic rings. The fourth-order valence-corrected chi connectivity index (χ4v) is 3.08. The number of aromatic hydroxyl groups is 1. The standard InChI is InChI=1S/C14H17BrO5/c1-5-7-9(13(17)19-3)12(16)10(14(18)20-4)8(6-2)11(7)15/h16H,5-6H2,1-4H3. The molecule has 0 aliphatic carbocycles. The van der Waals surface area contributed by atoms with Gasteiger partial charge in [0.1, 0.15) is 16.9 Å². The van der Waals surface area contributed by atoms with Crippen LogP contribution in [-0.2, 0) is 22.3 Å². The second-order valence-electron chi connectivity index (χ2n) is 4.06. The summed E-state index contributed by atoms with van der Waals surface area (Å²) >= 11 is 3.41. The molecule has 0 amide bonds. The molecule has 0 saturated heterocycles. The van der Waals surface area contributed by atoms with E-state index in [0.29, 0.717) is 28.4 Å². The van der Waals surface area contributed by atoms with Crippen LogP contribution in [0.4, 0.5) is 0 Å². The third-order valence-electron chi connectivity index (χ3n) is 3.09. The smallest absolute Gasteiger partial charge is 0.341 e. The van der Waals surface area contributed by atoms with Crippen LogP contribution in [0.3, 0.4) is 0 Å². The van der Waals surface area contributed by atoms with Crippen LogP contribution in [0.25, 0.3) is 0 Å². The van der Waals surface area contributed by atoms with E-state index in [0.717, 1.165) is 0 Å². The molecule has 110 valence electrons. The van der Waals surface area contributed by atoms with Crippen molar-refractivity contribution in [2.24, 2.45) is 0 Å². The Morgan fingerprint density at radius 2 is 1.35 bits per heavy atom. The van der Waals surface area contributed by atoms with Crippen molar-refractivity contribution in [2.75, 3.05) is 14.2 Å². The zero-order valence-corrected chi connectivity index (χ0v) is 13.5. The topological polar surface area (TPSA) is 72.8 Å². The molecule has 5 nitrogen and oxygen atoms in total. The molecule has 0 saturated carbocycles. The lowest BCUT2D eigenvalue weighted by atomic mass is 9.94. The summed E-state index contributed by atoms with van der Waals surface area (Å²) in [5, 5.41) is 10.3. The van der Waals surface area contributed by atoms with E-state index in [-0.39, 0.29) is 16.9 Å². The number of ether oxygens (including phenoxy) is 2. The lowest BCUT2D eigenvalue weighted by molar-refractivity contribution is 0.0591. The molecule has 0 spiro atoms. The fourth-order valence-electron chi connectivity index (χ4n) is 2.12. The number of benzene rings is 1. The van der Waals surface area contributed by atoms with Crippen LogP contribution in [0.1, 0.15) is 45.7 Å². The molecule has 0 fully saturated rings. The Morgan fingerprint density at radius 3 is 1.60 bits per heavy atom. The zero-order valence-electron chi connectivity index (χ0n) is 11.9. The van der Waals surface area contributed by atoms with Crippen LogP contribution in [0.5, 0.6) is 5.75 Å². The highest BCUT2D eigenvalue weighted by molar-refractivity contribution is 9.10. The van der Waals surface area contributed by atoms with Crippen molar-refractivity contribution in [3.8, 4) is 5.75 Å². The van der Waals surface area contributed by atoms with Gasteiger partial charge in [0, 0.05) is 4.47 Å². The quantitative estimate of drug-likeness (QED) is 0.850. The molecular formula is C14H17BrO5. The summed E-state index contributed by atoms with van der Waals surface area (Å²) in [6.45, 7) is 3.70. The van der Waals surface area contributed by atoms with Gasteiger partial charge in [-0.05, 0) is 24.0 Å². The summed E-state index contributed by atoms with van der Waals surface area (Å²) in [7, 11) is 2.45.